The number of ether oxygens (including phenoxy) is 1. The van der Waals surface area contributed by atoms with Gasteiger partial charge in [0, 0.05) is 12.5 Å². The number of nitrogens with zero attached hydrogens (tertiary/aromatic N) is 1. The van der Waals surface area contributed by atoms with E-state index in [1.54, 1.807) is 0 Å². The van der Waals surface area contributed by atoms with Crippen LogP contribution in [0.5, 0.6) is 0 Å². The first-order valence-corrected chi connectivity index (χ1v) is 8.70. The number of carboxylic acids is 1. The Balaban J connectivity index is 3.39. The van der Waals surface area contributed by atoms with Crippen LogP contribution in [0, 0.1) is 0 Å². The van der Waals surface area contributed by atoms with E-state index in [0.717, 1.165) is 36.8 Å². The van der Waals surface area contributed by atoms with E-state index in [-0.39, 0.29) is 12.4 Å². The Morgan fingerprint density at radius 1 is 0.957 bits per heavy atom. The molecule has 0 rings (SSSR count). The molecule has 5 heteroatoms. The standard InChI is InChI=1S/C18H33NO4/c1-4-18(22)23-16-11-9-7-5-6-8-10-14-19(2,3)15-12-13-17(20)21/h4H,1,5-16H2,2-3H3/p+1. The molecule has 0 aromatic rings. The highest BCUT2D eigenvalue weighted by molar-refractivity contribution is 5.81. The minimum Gasteiger partial charge on any atom is -0.481 e. The maximum absolute atomic E-state index is 10.8. The Morgan fingerprint density at radius 2 is 1.48 bits per heavy atom. The molecule has 0 spiro atoms. The lowest BCUT2D eigenvalue weighted by Crippen LogP contribution is -2.41. The van der Waals surface area contributed by atoms with Crippen LogP contribution in [-0.2, 0) is 14.3 Å². The van der Waals surface area contributed by atoms with E-state index in [4.69, 9.17) is 9.84 Å². The van der Waals surface area contributed by atoms with Crippen LogP contribution < -0.4 is 0 Å². The highest BCUT2D eigenvalue weighted by Crippen LogP contribution is 2.10. The van der Waals surface area contributed by atoms with Gasteiger partial charge >= 0.3 is 11.9 Å². The van der Waals surface area contributed by atoms with Gasteiger partial charge in [-0.25, -0.2) is 4.79 Å². The van der Waals surface area contributed by atoms with Gasteiger partial charge in [-0.05, 0) is 19.3 Å². The van der Waals surface area contributed by atoms with Gasteiger partial charge in [0.25, 0.3) is 0 Å². The van der Waals surface area contributed by atoms with E-state index in [1.807, 2.05) is 0 Å². The first-order valence-electron chi connectivity index (χ1n) is 8.70. The molecule has 0 saturated carbocycles. The molecule has 0 aromatic heterocycles. The van der Waals surface area contributed by atoms with Crippen molar-refractivity contribution in [2.45, 2.75) is 57.8 Å². The van der Waals surface area contributed by atoms with E-state index in [1.165, 1.54) is 38.2 Å². The minimum absolute atomic E-state index is 0.268. The minimum atomic E-state index is -0.704. The zero-order chi connectivity index (χ0) is 17.6. The maximum Gasteiger partial charge on any atom is 0.330 e. The second kappa shape index (κ2) is 13.1. The van der Waals surface area contributed by atoms with E-state index in [0.29, 0.717) is 6.61 Å². The number of unbranched alkanes of at least 4 members (excludes halogenated alkanes) is 6. The molecular formula is C18H34NO4+. The summed E-state index contributed by atoms with van der Waals surface area (Å²) in [5.41, 5.74) is 0. The number of esters is 1. The molecule has 0 aliphatic rings. The van der Waals surface area contributed by atoms with E-state index >= 15 is 0 Å². The summed E-state index contributed by atoms with van der Waals surface area (Å²) in [7, 11) is 4.35. The second-order valence-electron chi connectivity index (χ2n) is 6.73. The first kappa shape index (κ1) is 21.6. The molecule has 0 bridgehead atoms. The monoisotopic (exact) mass is 328 g/mol. The summed E-state index contributed by atoms with van der Waals surface area (Å²) in [6, 6.07) is 0. The lowest BCUT2D eigenvalue weighted by molar-refractivity contribution is -0.890. The maximum atomic E-state index is 10.8. The van der Waals surface area contributed by atoms with Gasteiger partial charge in [0.15, 0.2) is 0 Å². The molecular weight excluding hydrogens is 294 g/mol. The van der Waals surface area contributed by atoms with Gasteiger partial charge < -0.3 is 14.3 Å². The van der Waals surface area contributed by atoms with E-state index < -0.39 is 5.97 Å². The zero-order valence-electron chi connectivity index (χ0n) is 14.9. The van der Waals surface area contributed by atoms with Gasteiger partial charge in [0.05, 0.1) is 40.2 Å². The van der Waals surface area contributed by atoms with Crippen LogP contribution in [0.1, 0.15) is 57.8 Å². The molecule has 0 aliphatic heterocycles. The third-order valence-corrected chi connectivity index (χ3v) is 3.97. The van der Waals surface area contributed by atoms with Crippen LogP contribution in [0.3, 0.4) is 0 Å². The molecule has 0 radical (unpaired) electrons. The zero-order valence-corrected chi connectivity index (χ0v) is 14.9. The summed E-state index contributed by atoms with van der Waals surface area (Å²) in [5, 5.41) is 8.66. The van der Waals surface area contributed by atoms with Crippen molar-refractivity contribution >= 4 is 11.9 Å². The lowest BCUT2D eigenvalue weighted by atomic mass is 10.1. The molecule has 0 atom stereocenters. The molecule has 0 saturated heterocycles. The van der Waals surface area contributed by atoms with Gasteiger partial charge in [-0.2, -0.15) is 0 Å². The summed E-state index contributed by atoms with van der Waals surface area (Å²) in [6.45, 7) is 5.88. The van der Waals surface area contributed by atoms with Crippen molar-refractivity contribution in [1.82, 2.24) is 0 Å². The fourth-order valence-electron chi connectivity index (χ4n) is 2.53. The molecule has 0 fully saturated rings. The van der Waals surface area contributed by atoms with Crippen LogP contribution >= 0.6 is 0 Å². The number of carbonyl (C=O) groups excluding carboxylic acids is 1. The van der Waals surface area contributed by atoms with Crippen molar-refractivity contribution in [3.8, 4) is 0 Å². The fourth-order valence-corrected chi connectivity index (χ4v) is 2.53. The van der Waals surface area contributed by atoms with Crippen LogP contribution in [0.25, 0.3) is 0 Å². The SMILES string of the molecule is C=CC(=O)OCCCCCCCCC[N+](C)(C)CCCC(=O)O. The highest BCUT2D eigenvalue weighted by atomic mass is 16.5. The molecule has 23 heavy (non-hydrogen) atoms. The molecule has 134 valence electrons. The normalized spacial score (nSPS) is 11.2. The number of hydrogen-bond acceptors (Lipinski definition) is 3. The van der Waals surface area contributed by atoms with Gasteiger partial charge in [0.2, 0.25) is 0 Å². The predicted molar refractivity (Wildman–Crippen MR) is 92.2 cm³/mol. The Kier molecular flexibility index (Phi) is 12.3. The van der Waals surface area contributed by atoms with Crippen molar-refractivity contribution in [3.63, 3.8) is 0 Å². The summed E-state index contributed by atoms with van der Waals surface area (Å²) >= 11 is 0. The van der Waals surface area contributed by atoms with Crippen molar-refractivity contribution in [3.05, 3.63) is 12.7 Å². The van der Waals surface area contributed by atoms with Gasteiger partial charge in [-0.15, -0.1) is 0 Å². The number of rotatable bonds is 15. The largest absolute Gasteiger partial charge is 0.481 e. The van der Waals surface area contributed by atoms with Crippen molar-refractivity contribution in [1.29, 1.82) is 0 Å². The molecule has 0 heterocycles. The fraction of sp³-hybridized carbons (Fsp3) is 0.778. The average molecular weight is 328 g/mol. The summed E-state index contributed by atoms with van der Waals surface area (Å²) in [6.07, 6.45) is 10.3. The second-order valence-corrected chi connectivity index (χ2v) is 6.73. The number of carbonyl (C=O) groups is 2. The van der Waals surface area contributed by atoms with Crippen LogP contribution in [0.15, 0.2) is 12.7 Å². The number of aliphatic carboxylic acids is 1. The third kappa shape index (κ3) is 15.3. The van der Waals surface area contributed by atoms with Crippen molar-refractivity contribution < 1.29 is 23.9 Å². The molecule has 0 unspecified atom stereocenters. The highest BCUT2D eigenvalue weighted by Gasteiger charge is 2.14. The molecule has 5 nitrogen and oxygen atoms in total. The number of carboxylic acid groups (broad SMARTS) is 1. The van der Waals surface area contributed by atoms with Crippen LogP contribution in [0.2, 0.25) is 0 Å². The number of quaternary nitrogens is 1. The third-order valence-electron chi connectivity index (χ3n) is 3.97. The van der Waals surface area contributed by atoms with E-state index in [9.17, 15) is 9.59 Å². The summed E-state index contributed by atoms with van der Waals surface area (Å²) in [5.74, 6) is -1.04. The Hall–Kier alpha value is -1.36. The lowest BCUT2D eigenvalue weighted by Gasteiger charge is -2.29. The summed E-state index contributed by atoms with van der Waals surface area (Å²) < 4.78 is 5.83. The molecule has 1 N–H and O–H groups in total. The average Bonchev–Trinajstić information content (AvgIpc) is 2.48. The first-order chi connectivity index (χ1) is 10.9. The summed E-state index contributed by atoms with van der Waals surface area (Å²) in [4.78, 5) is 21.4. The van der Waals surface area contributed by atoms with Crippen molar-refractivity contribution in [2.75, 3.05) is 33.8 Å². The van der Waals surface area contributed by atoms with Crippen molar-refractivity contribution in [2.24, 2.45) is 0 Å². The topological polar surface area (TPSA) is 63.6 Å². The molecule has 0 aliphatic carbocycles. The Bertz CT molecular complexity index is 353. The van der Waals surface area contributed by atoms with Crippen LogP contribution in [-0.4, -0.2) is 55.3 Å². The molecule has 0 amide bonds. The van der Waals surface area contributed by atoms with E-state index in [2.05, 4.69) is 20.7 Å². The van der Waals surface area contributed by atoms with Gasteiger partial charge in [-0.1, -0.05) is 32.3 Å². The predicted octanol–water partition coefficient (Wildman–Crippen LogP) is 3.39. The van der Waals surface area contributed by atoms with Gasteiger partial charge in [-0.3, -0.25) is 4.79 Å². The van der Waals surface area contributed by atoms with Crippen LogP contribution in [0.4, 0.5) is 0 Å². The molecule has 0 aromatic carbocycles. The Morgan fingerprint density at radius 3 is 2.04 bits per heavy atom. The smallest absolute Gasteiger partial charge is 0.330 e. The van der Waals surface area contributed by atoms with Gasteiger partial charge in [0.1, 0.15) is 0 Å². The number of hydrogen-bond donors (Lipinski definition) is 1. The Labute approximate surface area is 140 Å². The quantitative estimate of drug-likeness (QED) is 0.217.